The third-order valence-electron chi connectivity index (χ3n) is 3.02. The molecule has 0 spiro atoms. The largest absolute Gasteiger partial charge is 0.462 e. The van der Waals surface area contributed by atoms with Crippen LogP contribution in [0, 0.1) is 6.92 Å². The molecule has 2 N–H and O–H groups in total. The van der Waals surface area contributed by atoms with Crippen molar-refractivity contribution in [1.29, 1.82) is 0 Å². The number of hydrogen-bond donors (Lipinski definition) is 1. The van der Waals surface area contributed by atoms with Crippen molar-refractivity contribution >= 4 is 11.8 Å². The van der Waals surface area contributed by atoms with E-state index >= 15 is 0 Å². The Kier molecular flexibility index (Phi) is 2.85. The Balaban J connectivity index is 2.30. The van der Waals surface area contributed by atoms with Gasteiger partial charge in [-0.05, 0) is 33.1 Å². The molecule has 1 fully saturated rings. The zero-order valence-corrected chi connectivity index (χ0v) is 9.69. The second-order valence-corrected chi connectivity index (χ2v) is 4.10. The van der Waals surface area contributed by atoms with Crippen LogP contribution in [0.1, 0.15) is 48.3 Å². The van der Waals surface area contributed by atoms with E-state index in [4.69, 9.17) is 10.5 Å². The van der Waals surface area contributed by atoms with Crippen LogP contribution in [-0.4, -0.2) is 22.4 Å². The van der Waals surface area contributed by atoms with Crippen molar-refractivity contribution in [2.75, 3.05) is 12.3 Å². The number of rotatable bonds is 3. The van der Waals surface area contributed by atoms with Crippen LogP contribution in [0.5, 0.6) is 0 Å². The maximum absolute atomic E-state index is 11.7. The number of aryl methyl sites for hydroxylation is 1. The van der Waals surface area contributed by atoms with Crippen molar-refractivity contribution < 1.29 is 9.53 Å². The van der Waals surface area contributed by atoms with Crippen LogP contribution in [0.2, 0.25) is 0 Å². The van der Waals surface area contributed by atoms with Gasteiger partial charge in [-0.2, -0.15) is 5.10 Å². The Morgan fingerprint density at radius 3 is 2.81 bits per heavy atom. The van der Waals surface area contributed by atoms with Crippen LogP contribution < -0.4 is 5.73 Å². The van der Waals surface area contributed by atoms with E-state index in [0.29, 0.717) is 29.7 Å². The number of carbonyl (C=O) groups excluding carboxylic acids is 1. The number of nitrogens with zero attached hydrogens (tertiary/aromatic N) is 2. The van der Waals surface area contributed by atoms with E-state index in [1.54, 1.807) is 18.5 Å². The second kappa shape index (κ2) is 4.15. The van der Waals surface area contributed by atoms with Gasteiger partial charge in [-0.1, -0.05) is 0 Å². The first kappa shape index (κ1) is 11.0. The summed E-state index contributed by atoms with van der Waals surface area (Å²) in [5.74, 6) is 0.0729. The van der Waals surface area contributed by atoms with Gasteiger partial charge >= 0.3 is 5.97 Å². The van der Waals surface area contributed by atoms with Gasteiger partial charge in [-0.3, -0.25) is 0 Å². The number of carbonyl (C=O) groups is 1. The first-order valence-corrected chi connectivity index (χ1v) is 5.66. The van der Waals surface area contributed by atoms with Gasteiger partial charge in [0.05, 0.1) is 18.3 Å². The van der Waals surface area contributed by atoms with Crippen molar-refractivity contribution in [2.24, 2.45) is 0 Å². The zero-order valence-electron chi connectivity index (χ0n) is 9.69. The normalized spacial score (nSPS) is 15.9. The van der Waals surface area contributed by atoms with Crippen LogP contribution in [0.15, 0.2) is 0 Å². The molecule has 0 saturated heterocycles. The Bertz CT molecular complexity index is 408. The number of nitrogen functional groups attached to an aromatic ring is 1. The highest BCUT2D eigenvalue weighted by Crippen LogP contribution is 2.34. The maximum Gasteiger partial charge on any atom is 0.343 e. The Labute approximate surface area is 94.6 Å². The molecule has 88 valence electrons. The maximum atomic E-state index is 11.7. The molecule has 1 heterocycles. The van der Waals surface area contributed by atoms with E-state index in [0.717, 1.165) is 12.8 Å². The summed E-state index contributed by atoms with van der Waals surface area (Å²) < 4.78 is 6.73. The van der Waals surface area contributed by atoms with Gasteiger partial charge in [-0.25, -0.2) is 9.48 Å². The first-order valence-electron chi connectivity index (χ1n) is 5.66. The quantitative estimate of drug-likeness (QED) is 0.791. The van der Waals surface area contributed by atoms with Crippen molar-refractivity contribution in [3.63, 3.8) is 0 Å². The second-order valence-electron chi connectivity index (χ2n) is 4.10. The summed E-state index contributed by atoms with van der Waals surface area (Å²) in [6.45, 7) is 3.92. The van der Waals surface area contributed by atoms with E-state index < -0.39 is 0 Å². The lowest BCUT2D eigenvalue weighted by molar-refractivity contribution is 0.0526. The van der Waals surface area contributed by atoms with Crippen molar-refractivity contribution in [3.05, 3.63) is 11.3 Å². The number of esters is 1. The molecular formula is C11H17N3O2. The van der Waals surface area contributed by atoms with Gasteiger partial charge in [0.1, 0.15) is 11.4 Å². The fraction of sp³-hybridized carbons (Fsp3) is 0.636. The molecule has 0 bridgehead atoms. The van der Waals surface area contributed by atoms with E-state index in [1.807, 2.05) is 0 Å². The molecule has 0 aromatic carbocycles. The minimum absolute atomic E-state index is 0.353. The van der Waals surface area contributed by atoms with Gasteiger partial charge in [0.15, 0.2) is 0 Å². The number of aromatic nitrogens is 2. The standard InChI is InChI=1S/C11H17N3O2/c1-3-16-11(15)9-7(2)13-14(10(9)12)8-5-4-6-8/h8H,3-6,12H2,1-2H3. The SMILES string of the molecule is CCOC(=O)c1c(C)nn(C2CCC2)c1N. The molecule has 1 aromatic rings. The van der Waals surface area contributed by atoms with Crippen LogP contribution in [0.3, 0.4) is 0 Å². The van der Waals surface area contributed by atoms with Gasteiger partial charge < -0.3 is 10.5 Å². The van der Waals surface area contributed by atoms with Crippen LogP contribution >= 0.6 is 0 Å². The van der Waals surface area contributed by atoms with Crippen LogP contribution in [0.25, 0.3) is 0 Å². The highest BCUT2D eigenvalue weighted by molar-refractivity contribution is 5.95. The average Bonchev–Trinajstić information content (AvgIpc) is 2.40. The summed E-state index contributed by atoms with van der Waals surface area (Å²) in [7, 11) is 0. The predicted octanol–water partition coefficient (Wildman–Crippen LogP) is 1.68. The molecule has 1 aliphatic carbocycles. The lowest BCUT2D eigenvalue weighted by Crippen LogP contribution is -2.20. The molecular weight excluding hydrogens is 206 g/mol. The summed E-state index contributed by atoms with van der Waals surface area (Å²) in [6.07, 6.45) is 3.39. The minimum Gasteiger partial charge on any atom is -0.462 e. The molecule has 1 saturated carbocycles. The van der Waals surface area contributed by atoms with E-state index in [1.165, 1.54) is 6.42 Å². The molecule has 0 unspecified atom stereocenters. The summed E-state index contributed by atoms with van der Waals surface area (Å²) in [5, 5.41) is 4.33. The Hall–Kier alpha value is -1.52. The molecule has 16 heavy (non-hydrogen) atoms. The van der Waals surface area contributed by atoms with Crippen molar-refractivity contribution in [2.45, 2.75) is 39.2 Å². The van der Waals surface area contributed by atoms with Gasteiger partial charge in [0.25, 0.3) is 0 Å². The highest BCUT2D eigenvalue weighted by atomic mass is 16.5. The zero-order chi connectivity index (χ0) is 11.7. The van der Waals surface area contributed by atoms with Crippen molar-refractivity contribution in [3.8, 4) is 0 Å². The lowest BCUT2D eigenvalue weighted by atomic mass is 9.93. The topological polar surface area (TPSA) is 70.1 Å². The fourth-order valence-electron chi connectivity index (χ4n) is 1.93. The summed E-state index contributed by atoms with van der Waals surface area (Å²) in [6, 6.07) is 0.363. The lowest BCUT2D eigenvalue weighted by Gasteiger charge is -2.26. The minimum atomic E-state index is -0.372. The highest BCUT2D eigenvalue weighted by Gasteiger charge is 2.27. The molecule has 0 radical (unpaired) electrons. The van der Waals surface area contributed by atoms with Crippen molar-refractivity contribution in [1.82, 2.24) is 9.78 Å². The number of nitrogens with two attached hydrogens (primary N) is 1. The van der Waals surface area contributed by atoms with E-state index in [9.17, 15) is 4.79 Å². The van der Waals surface area contributed by atoms with Crippen LogP contribution in [-0.2, 0) is 4.74 Å². The molecule has 0 atom stereocenters. The van der Waals surface area contributed by atoms with Gasteiger partial charge in [0, 0.05) is 0 Å². The third kappa shape index (κ3) is 1.66. The summed E-state index contributed by atoms with van der Waals surface area (Å²) in [5.41, 5.74) is 7.03. The summed E-state index contributed by atoms with van der Waals surface area (Å²) >= 11 is 0. The monoisotopic (exact) mass is 223 g/mol. The molecule has 5 heteroatoms. The van der Waals surface area contributed by atoms with Gasteiger partial charge in [0.2, 0.25) is 0 Å². The third-order valence-corrected chi connectivity index (χ3v) is 3.02. The molecule has 1 aromatic heterocycles. The smallest absolute Gasteiger partial charge is 0.343 e. The molecule has 1 aliphatic rings. The molecule has 2 rings (SSSR count). The molecule has 0 amide bonds. The first-order chi connectivity index (χ1) is 7.65. The molecule has 5 nitrogen and oxygen atoms in total. The Morgan fingerprint density at radius 2 is 2.31 bits per heavy atom. The van der Waals surface area contributed by atoms with E-state index in [-0.39, 0.29) is 5.97 Å². The Morgan fingerprint density at radius 1 is 1.62 bits per heavy atom. The molecule has 0 aliphatic heterocycles. The van der Waals surface area contributed by atoms with E-state index in [2.05, 4.69) is 5.10 Å². The van der Waals surface area contributed by atoms with Gasteiger partial charge in [-0.15, -0.1) is 0 Å². The average molecular weight is 223 g/mol. The fourth-order valence-corrected chi connectivity index (χ4v) is 1.93. The summed E-state index contributed by atoms with van der Waals surface area (Å²) in [4.78, 5) is 11.7. The number of ether oxygens (including phenoxy) is 1. The number of hydrogen-bond acceptors (Lipinski definition) is 4. The van der Waals surface area contributed by atoms with Crippen LogP contribution in [0.4, 0.5) is 5.82 Å². The number of anilines is 1. The predicted molar refractivity (Wildman–Crippen MR) is 60.2 cm³/mol.